The van der Waals surface area contributed by atoms with E-state index in [1.54, 1.807) is 4.90 Å². The lowest BCUT2D eigenvalue weighted by Crippen LogP contribution is -2.40. The highest BCUT2D eigenvalue weighted by Gasteiger charge is 2.22. The first-order valence-corrected chi connectivity index (χ1v) is 8.92. The lowest BCUT2D eigenvalue weighted by atomic mass is 10.1. The van der Waals surface area contributed by atoms with Gasteiger partial charge in [-0.3, -0.25) is 4.68 Å². The lowest BCUT2D eigenvalue weighted by Gasteiger charge is -2.29. The van der Waals surface area contributed by atoms with Crippen molar-refractivity contribution in [2.45, 2.75) is 32.4 Å². The zero-order valence-corrected chi connectivity index (χ0v) is 14.3. The minimum absolute atomic E-state index is 0.0863. The quantitative estimate of drug-likeness (QED) is 0.880. The van der Waals surface area contributed by atoms with Gasteiger partial charge in [-0.15, -0.1) is 0 Å². The standard InChI is InChI=1S/C18H24N6O/c19-17-12-16-13-23(10-11-24(16)21-17)18(25)20-14-4-6-15(7-5-14)22-8-2-1-3-9-22/h4-7,12H,1-3,8-11,13H2,(H2,19,21)(H,20,25). The van der Waals surface area contributed by atoms with Gasteiger partial charge in [0.2, 0.25) is 0 Å². The molecule has 2 aliphatic heterocycles. The Morgan fingerprint density at radius 3 is 2.56 bits per heavy atom. The van der Waals surface area contributed by atoms with Crippen molar-refractivity contribution in [3.63, 3.8) is 0 Å². The van der Waals surface area contributed by atoms with Crippen molar-refractivity contribution >= 4 is 23.2 Å². The SMILES string of the molecule is Nc1cc2n(n1)CCN(C(=O)Nc1ccc(N3CCCCC3)cc1)C2. The van der Waals surface area contributed by atoms with E-state index in [9.17, 15) is 4.79 Å². The Hall–Kier alpha value is -2.70. The molecule has 0 radical (unpaired) electrons. The molecule has 0 bridgehead atoms. The predicted octanol–water partition coefficient (Wildman–Crippen LogP) is 2.50. The van der Waals surface area contributed by atoms with E-state index >= 15 is 0 Å². The first-order chi connectivity index (χ1) is 12.2. The maximum absolute atomic E-state index is 12.5. The van der Waals surface area contributed by atoms with E-state index in [1.165, 1.54) is 24.9 Å². The van der Waals surface area contributed by atoms with Crippen LogP contribution in [0.25, 0.3) is 0 Å². The van der Waals surface area contributed by atoms with Crippen molar-refractivity contribution in [2.24, 2.45) is 0 Å². The second-order valence-corrected chi connectivity index (χ2v) is 6.73. The van der Waals surface area contributed by atoms with Crippen LogP contribution in [0.3, 0.4) is 0 Å². The van der Waals surface area contributed by atoms with Crippen LogP contribution in [0.2, 0.25) is 0 Å². The summed E-state index contributed by atoms with van der Waals surface area (Å²) in [6, 6.07) is 9.88. The number of nitrogen functional groups attached to an aromatic ring is 1. The molecule has 1 fully saturated rings. The Morgan fingerprint density at radius 2 is 1.80 bits per heavy atom. The Labute approximate surface area is 147 Å². The number of nitrogens with one attached hydrogen (secondary N) is 1. The van der Waals surface area contributed by atoms with E-state index in [1.807, 2.05) is 22.9 Å². The van der Waals surface area contributed by atoms with Crippen molar-refractivity contribution in [1.29, 1.82) is 0 Å². The van der Waals surface area contributed by atoms with Crippen molar-refractivity contribution in [3.05, 3.63) is 36.0 Å². The fourth-order valence-electron chi connectivity index (χ4n) is 3.57. The van der Waals surface area contributed by atoms with Gasteiger partial charge in [0, 0.05) is 37.1 Å². The maximum Gasteiger partial charge on any atom is 0.322 e. The average Bonchev–Trinajstić information content (AvgIpc) is 3.02. The molecule has 25 heavy (non-hydrogen) atoms. The molecule has 3 heterocycles. The van der Waals surface area contributed by atoms with Gasteiger partial charge in [0.15, 0.2) is 0 Å². The van der Waals surface area contributed by atoms with E-state index in [4.69, 9.17) is 5.73 Å². The summed E-state index contributed by atoms with van der Waals surface area (Å²) in [5.74, 6) is 0.505. The smallest absolute Gasteiger partial charge is 0.322 e. The minimum Gasteiger partial charge on any atom is -0.382 e. The van der Waals surface area contributed by atoms with Gasteiger partial charge in [-0.1, -0.05) is 0 Å². The average molecular weight is 340 g/mol. The van der Waals surface area contributed by atoms with Gasteiger partial charge in [0.1, 0.15) is 5.82 Å². The van der Waals surface area contributed by atoms with Crippen molar-refractivity contribution in [3.8, 4) is 0 Å². The molecular weight excluding hydrogens is 316 g/mol. The molecule has 0 unspecified atom stereocenters. The number of aromatic nitrogens is 2. The summed E-state index contributed by atoms with van der Waals surface area (Å²) in [4.78, 5) is 16.7. The molecule has 0 saturated carbocycles. The number of nitrogens with two attached hydrogens (primary N) is 1. The second-order valence-electron chi connectivity index (χ2n) is 6.73. The largest absolute Gasteiger partial charge is 0.382 e. The van der Waals surface area contributed by atoms with E-state index in [-0.39, 0.29) is 6.03 Å². The molecule has 0 aliphatic carbocycles. The van der Waals surface area contributed by atoms with Crippen molar-refractivity contribution in [1.82, 2.24) is 14.7 Å². The summed E-state index contributed by atoms with van der Waals surface area (Å²) in [6.07, 6.45) is 3.84. The molecule has 2 amide bonds. The monoisotopic (exact) mass is 340 g/mol. The van der Waals surface area contributed by atoms with Gasteiger partial charge >= 0.3 is 6.03 Å². The number of benzene rings is 1. The molecule has 132 valence electrons. The van der Waals surface area contributed by atoms with Crippen LogP contribution in [-0.4, -0.2) is 40.3 Å². The van der Waals surface area contributed by atoms with Gasteiger partial charge in [-0.2, -0.15) is 5.10 Å². The molecule has 7 nitrogen and oxygen atoms in total. The highest BCUT2D eigenvalue weighted by Crippen LogP contribution is 2.22. The topological polar surface area (TPSA) is 79.4 Å². The number of anilines is 3. The van der Waals surface area contributed by atoms with Crippen molar-refractivity contribution in [2.75, 3.05) is 35.6 Å². The fourth-order valence-corrected chi connectivity index (χ4v) is 3.57. The zero-order chi connectivity index (χ0) is 17.2. The Balaban J connectivity index is 1.37. The van der Waals surface area contributed by atoms with Crippen LogP contribution in [0, 0.1) is 0 Å². The van der Waals surface area contributed by atoms with Crippen LogP contribution in [0.4, 0.5) is 22.0 Å². The first kappa shape index (κ1) is 15.8. The molecule has 2 aliphatic rings. The third-order valence-electron chi connectivity index (χ3n) is 4.94. The maximum atomic E-state index is 12.5. The Kier molecular flexibility index (Phi) is 4.21. The van der Waals surface area contributed by atoms with Gasteiger partial charge in [0.05, 0.1) is 18.8 Å². The van der Waals surface area contributed by atoms with Gasteiger partial charge in [0.25, 0.3) is 0 Å². The molecule has 4 rings (SSSR count). The fraction of sp³-hybridized carbons (Fsp3) is 0.444. The number of urea groups is 1. The van der Waals surface area contributed by atoms with Crippen molar-refractivity contribution < 1.29 is 4.79 Å². The molecule has 0 spiro atoms. The number of carbonyl (C=O) groups excluding carboxylic acids is 1. The molecule has 1 saturated heterocycles. The van der Waals surface area contributed by atoms with Gasteiger partial charge in [-0.05, 0) is 43.5 Å². The van der Waals surface area contributed by atoms with E-state index in [2.05, 4.69) is 27.4 Å². The number of nitrogens with zero attached hydrogens (tertiary/aromatic N) is 4. The number of rotatable bonds is 2. The normalized spacial score (nSPS) is 17.3. The van der Waals surface area contributed by atoms with Crippen LogP contribution in [0.1, 0.15) is 25.0 Å². The van der Waals surface area contributed by atoms with Crippen LogP contribution in [0.15, 0.2) is 30.3 Å². The predicted molar refractivity (Wildman–Crippen MR) is 98.6 cm³/mol. The molecule has 1 aromatic carbocycles. The Morgan fingerprint density at radius 1 is 1.04 bits per heavy atom. The first-order valence-electron chi connectivity index (χ1n) is 8.92. The molecular formula is C18H24N6O. The third kappa shape index (κ3) is 3.40. The number of carbonyl (C=O) groups is 1. The zero-order valence-electron chi connectivity index (χ0n) is 14.3. The molecule has 2 aromatic rings. The second kappa shape index (κ2) is 6.66. The van der Waals surface area contributed by atoms with Crippen LogP contribution >= 0.6 is 0 Å². The van der Waals surface area contributed by atoms with Crippen LogP contribution in [-0.2, 0) is 13.1 Å². The highest BCUT2D eigenvalue weighted by atomic mass is 16.2. The molecule has 3 N–H and O–H groups in total. The van der Waals surface area contributed by atoms with Gasteiger partial charge in [-0.25, -0.2) is 4.79 Å². The molecule has 7 heteroatoms. The summed E-state index contributed by atoms with van der Waals surface area (Å²) >= 11 is 0. The number of hydrogen-bond acceptors (Lipinski definition) is 4. The van der Waals surface area contributed by atoms with Gasteiger partial charge < -0.3 is 20.9 Å². The molecule has 0 atom stereocenters. The number of fused-ring (bicyclic) bond motifs is 1. The lowest BCUT2D eigenvalue weighted by molar-refractivity contribution is 0.194. The van der Waals surface area contributed by atoms with Crippen LogP contribution < -0.4 is 16.0 Å². The van der Waals surface area contributed by atoms with E-state index in [0.717, 1.165) is 24.5 Å². The minimum atomic E-state index is -0.0863. The van der Waals surface area contributed by atoms with Crippen LogP contribution in [0.5, 0.6) is 0 Å². The highest BCUT2D eigenvalue weighted by molar-refractivity contribution is 5.89. The van der Waals surface area contributed by atoms with E-state index in [0.29, 0.717) is 25.5 Å². The Bertz CT molecular complexity index is 747. The van der Waals surface area contributed by atoms with E-state index < -0.39 is 0 Å². The summed E-state index contributed by atoms with van der Waals surface area (Å²) in [7, 11) is 0. The number of piperidine rings is 1. The summed E-state index contributed by atoms with van der Waals surface area (Å²) in [5, 5.41) is 7.20. The summed E-state index contributed by atoms with van der Waals surface area (Å²) in [6.45, 7) is 4.08. The summed E-state index contributed by atoms with van der Waals surface area (Å²) in [5.41, 5.74) is 8.75. The number of amides is 2. The number of hydrogen-bond donors (Lipinski definition) is 2. The third-order valence-corrected chi connectivity index (χ3v) is 4.94. The molecule has 1 aromatic heterocycles. The summed E-state index contributed by atoms with van der Waals surface area (Å²) < 4.78 is 1.87.